The molecule has 5 nitrogen and oxygen atoms in total. The van der Waals surface area contributed by atoms with Crippen molar-refractivity contribution >= 4 is 28.1 Å². The van der Waals surface area contributed by atoms with Crippen molar-refractivity contribution in [3.8, 4) is 5.75 Å². The number of hydrogen-bond donors (Lipinski definition) is 1. The minimum atomic E-state index is -0.0935. The van der Waals surface area contributed by atoms with Gasteiger partial charge >= 0.3 is 0 Å². The van der Waals surface area contributed by atoms with Gasteiger partial charge in [-0.05, 0) is 36.6 Å². The van der Waals surface area contributed by atoms with Crippen molar-refractivity contribution in [3.63, 3.8) is 0 Å². The van der Waals surface area contributed by atoms with Crippen LogP contribution in [0.1, 0.15) is 22.5 Å². The summed E-state index contributed by atoms with van der Waals surface area (Å²) in [6.45, 7) is 0.704. The number of rotatable bonds is 2. The fraction of sp³-hybridized carbons (Fsp3) is 0.286. The van der Waals surface area contributed by atoms with Crippen molar-refractivity contribution in [1.82, 2.24) is 4.98 Å². The Balaban J connectivity index is 1.95. The number of thiazole rings is 1. The summed E-state index contributed by atoms with van der Waals surface area (Å²) in [6.07, 6.45) is 1.89. The summed E-state index contributed by atoms with van der Waals surface area (Å²) in [5.74, 6) is 0.722. The molecule has 0 atom stereocenters. The summed E-state index contributed by atoms with van der Waals surface area (Å²) >= 11 is 1.28. The van der Waals surface area contributed by atoms with Crippen molar-refractivity contribution < 1.29 is 9.53 Å². The van der Waals surface area contributed by atoms with Crippen LogP contribution < -0.4 is 15.4 Å². The van der Waals surface area contributed by atoms with E-state index in [1.807, 2.05) is 18.2 Å². The molecule has 2 aromatic rings. The van der Waals surface area contributed by atoms with Crippen LogP contribution in [0.15, 0.2) is 23.6 Å². The first-order chi connectivity index (χ1) is 9.69. The number of amides is 1. The maximum atomic E-state index is 12.5. The van der Waals surface area contributed by atoms with Gasteiger partial charge in [-0.2, -0.15) is 0 Å². The van der Waals surface area contributed by atoms with Crippen molar-refractivity contribution in [1.29, 1.82) is 0 Å². The van der Waals surface area contributed by atoms with Crippen LogP contribution in [0.25, 0.3) is 0 Å². The van der Waals surface area contributed by atoms with Crippen LogP contribution in [0.3, 0.4) is 0 Å². The van der Waals surface area contributed by atoms with E-state index in [1.54, 1.807) is 17.4 Å². The average Bonchev–Trinajstić information content (AvgIpc) is 2.91. The van der Waals surface area contributed by atoms with E-state index in [9.17, 15) is 4.79 Å². The predicted octanol–water partition coefficient (Wildman–Crippen LogP) is 2.33. The number of aryl methyl sites for hydroxylation is 1. The summed E-state index contributed by atoms with van der Waals surface area (Å²) in [5.41, 5.74) is 8.08. The largest absolute Gasteiger partial charge is 0.497 e. The molecule has 0 unspecified atom stereocenters. The van der Waals surface area contributed by atoms with Gasteiger partial charge in [0.2, 0.25) is 0 Å². The smallest absolute Gasteiger partial charge is 0.277 e. The lowest BCUT2D eigenvalue weighted by atomic mass is 10.0. The molecule has 0 radical (unpaired) electrons. The van der Waals surface area contributed by atoms with Gasteiger partial charge in [0, 0.05) is 17.6 Å². The van der Waals surface area contributed by atoms with Gasteiger partial charge in [0.25, 0.3) is 5.91 Å². The Morgan fingerprint density at radius 3 is 3.05 bits per heavy atom. The number of ether oxygens (including phenoxy) is 1. The maximum absolute atomic E-state index is 12.5. The highest BCUT2D eigenvalue weighted by atomic mass is 32.1. The molecule has 1 aliphatic heterocycles. The molecule has 6 heteroatoms. The van der Waals surface area contributed by atoms with Crippen LogP contribution in [-0.2, 0) is 6.42 Å². The molecule has 1 aromatic carbocycles. The average molecular weight is 289 g/mol. The number of benzene rings is 1. The number of nitrogens with zero attached hydrogens (tertiary/aromatic N) is 2. The van der Waals surface area contributed by atoms with E-state index in [0.29, 0.717) is 17.4 Å². The number of aromatic nitrogens is 1. The lowest BCUT2D eigenvalue weighted by molar-refractivity contribution is 0.0981. The zero-order valence-electron chi connectivity index (χ0n) is 11.1. The molecular formula is C14H15N3O2S. The number of methoxy groups -OCH3 is 1. The molecule has 1 amide bonds. The first-order valence-electron chi connectivity index (χ1n) is 6.39. The molecule has 0 aliphatic carbocycles. The fourth-order valence-corrected chi connectivity index (χ4v) is 2.97. The molecule has 0 bridgehead atoms. The molecule has 0 saturated carbocycles. The highest BCUT2D eigenvalue weighted by molar-refractivity contribution is 7.13. The molecular weight excluding hydrogens is 274 g/mol. The van der Waals surface area contributed by atoms with E-state index < -0.39 is 0 Å². The molecule has 0 spiro atoms. The van der Waals surface area contributed by atoms with Crippen LogP contribution >= 0.6 is 11.3 Å². The summed E-state index contributed by atoms with van der Waals surface area (Å²) in [4.78, 5) is 18.4. The number of carbonyl (C=O) groups is 1. The van der Waals surface area contributed by atoms with Crippen LogP contribution in [0.2, 0.25) is 0 Å². The number of anilines is 2. The third kappa shape index (κ3) is 2.22. The van der Waals surface area contributed by atoms with E-state index in [0.717, 1.165) is 29.8 Å². The highest BCUT2D eigenvalue weighted by Gasteiger charge is 2.25. The van der Waals surface area contributed by atoms with Gasteiger partial charge in [-0.25, -0.2) is 4.98 Å². The Bertz CT molecular complexity index is 654. The summed E-state index contributed by atoms with van der Waals surface area (Å²) < 4.78 is 5.23. The molecule has 1 aliphatic rings. The van der Waals surface area contributed by atoms with E-state index in [2.05, 4.69) is 4.98 Å². The first kappa shape index (κ1) is 12.9. The normalized spacial score (nSPS) is 13.9. The van der Waals surface area contributed by atoms with E-state index >= 15 is 0 Å². The second-order valence-electron chi connectivity index (χ2n) is 4.63. The number of carbonyl (C=O) groups excluding carboxylic acids is 1. The molecule has 2 heterocycles. The number of nitrogens with two attached hydrogens (primary N) is 1. The van der Waals surface area contributed by atoms with Crippen LogP contribution in [0.5, 0.6) is 5.75 Å². The van der Waals surface area contributed by atoms with Gasteiger partial charge in [-0.1, -0.05) is 0 Å². The van der Waals surface area contributed by atoms with Crippen LogP contribution in [0.4, 0.5) is 10.8 Å². The van der Waals surface area contributed by atoms with E-state index in [1.165, 1.54) is 11.3 Å². The Morgan fingerprint density at radius 1 is 1.50 bits per heavy atom. The Hall–Kier alpha value is -2.08. The van der Waals surface area contributed by atoms with Gasteiger partial charge in [-0.3, -0.25) is 4.79 Å². The summed E-state index contributed by atoms with van der Waals surface area (Å²) in [6, 6.07) is 5.80. The Morgan fingerprint density at radius 2 is 2.35 bits per heavy atom. The van der Waals surface area contributed by atoms with Crippen LogP contribution in [-0.4, -0.2) is 24.5 Å². The van der Waals surface area contributed by atoms with Crippen molar-refractivity contribution in [2.45, 2.75) is 12.8 Å². The zero-order chi connectivity index (χ0) is 14.1. The molecule has 0 fully saturated rings. The third-order valence-corrected chi connectivity index (χ3v) is 4.07. The molecule has 1 aromatic heterocycles. The van der Waals surface area contributed by atoms with Gasteiger partial charge in [-0.15, -0.1) is 11.3 Å². The van der Waals surface area contributed by atoms with Crippen molar-refractivity contribution in [3.05, 3.63) is 34.8 Å². The highest BCUT2D eigenvalue weighted by Crippen LogP contribution is 2.31. The van der Waals surface area contributed by atoms with Crippen LogP contribution in [0, 0.1) is 0 Å². The van der Waals surface area contributed by atoms with Crippen molar-refractivity contribution in [2.24, 2.45) is 0 Å². The molecule has 20 heavy (non-hydrogen) atoms. The lowest BCUT2D eigenvalue weighted by Gasteiger charge is -2.29. The SMILES string of the molecule is COc1ccc2c(c1)CCCN2C(=O)c1csc(N)n1. The molecule has 104 valence electrons. The van der Waals surface area contributed by atoms with Gasteiger partial charge in [0.05, 0.1) is 7.11 Å². The maximum Gasteiger partial charge on any atom is 0.277 e. The Labute approximate surface area is 121 Å². The Kier molecular flexibility index (Phi) is 3.31. The van der Waals surface area contributed by atoms with Gasteiger partial charge in [0.15, 0.2) is 5.13 Å². The lowest BCUT2D eigenvalue weighted by Crippen LogP contribution is -2.35. The number of hydrogen-bond acceptors (Lipinski definition) is 5. The van der Waals surface area contributed by atoms with E-state index in [4.69, 9.17) is 10.5 Å². The van der Waals surface area contributed by atoms with E-state index in [-0.39, 0.29) is 5.91 Å². The van der Waals surface area contributed by atoms with Gasteiger partial charge < -0.3 is 15.4 Å². The number of nitrogen functional groups attached to an aromatic ring is 1. The molecule has 3 rings (SSSR count). The predicted molar refractivity (Wildman–Crippen MR) is 79.5 cm³/mol. The zero-order valence-corrected chi connectivity index (χ0v) is 11.9. The quantitative estimate of drug-likeness (QED) is 0.921. The second-order valence-corrected chi connectivity index (χ2v) is 5.52. The topological polar surface area (TPSA) is 68.5 Å². The minimum Gasteiger partial charge on any atom is -0.497 e. The van der Waals surface area contributed by atoms with Gasteiger partial charge in [0.1, 0.15) is 11.4 Å². The monoisotopic (exact) mass is 289 g/mol. The molecule has 0 saturated heterocycles. The first-order valence-corrected chi connectivity index (χ1v) is 7.27. The standard InChI is InChI=1S/C14H15N3O2S/c1-19-10-4-5-12-9(7-10)3-2-6-17(12)13(18)11-8-20-14(15)16-11/h4-5,7-8H,2-3,6H2,1H3,(H2,15,16). The number of fused-ring (bicyclic) bond motifs is 1. The minimum absolute atomic E-state index is 0.0935. The fourth-order valence-electron chi connectivity index (χ4n) is 2.44. The third-order valence-electron chi connectivity index (χ3n) is 3.39. The molecule has 2 N–H and O–H groups in total. The summed E-state index contributed by atoms with van der Waals surface area (Å²) in [7, 11) is 1.64. The van der Waals surface area contributed by atoms with Crippen molar-refractivity contribution in [2.75, 3.05) is 24.3 Å². The summed E-state index contributed by atoms with van der Waals surface area (Å²) in [5, 5.41) is 2.12. The second kappa shape index (κ2) is 5.13.